The van der Waals surface area contributed by atoms with Crippen LogP contribution in [0.15, 0.2) is 55.0 Å². The number of fused-ring (bicyclic) bond motifs is 1. The van der Waals surface area contributed by atoms with Gasteiger partial charge in [-0.05, 0) is 31.2 Å². The van der Waals surface area contributed by atoms with Gasteiger partial charge in [0.15, 0.2) is 0 Å². The molecule has 0 bridgehead atoms. The number of nitrogens with zero attached hydrogens (tertiary/aromatic N) is 3. The third-order valence-corrected chi connectivity index (χ3v) is 3.15. The fraction of sp³-hybridized carbons (Fsp3) is 0.133. The van der Waals surface area contributed by atoms with E-state index in [1.807, 2.05) is 49.4 Å². The second-order valence-corrected chi connectivity index (χ2v) is 4.66. The molecule has 1 atom stereocenters. The average Bonchev–Trinajstić information content (AvgIpc) is 2.91. The maximum absolute atomic E-state index is 12.0. The Hall–Kier alpha value is -2.89. The molecule has 0 aliphatic heterocycles. The smallest absolute Gasteiger partial charge is 0.329 e. The molecule has 0 saturated heterocycles. The van der Waals surface area contributed by atoms with Crippen molar-refractivity contribution < 1.29 is 4.79 Å². The molecular formula is C15H15N5O. The number of hydrogen-bond acceptors (Lipinski definition) is 3. The monoisotopic (exact) mass is 281 g/mol. The van der Waals surface area contributed by atoms with Gasteiger partial charge in [-0.15, -0.1) is 0 Å². The highest BCUT2D eigenvalue weighted by atomic mass is 16.2. The fourth-order valence-electron chi connectivity index (χ4n) is 2.09. The molecule has 1 unspecified atom stereocenters. The summed E-state index contributed by atoms with van der Waals surface area (Å²) in [6.07, 6.45) is 3.28. The van der Waals surface area contributed by atoms with Crippen LogP contribution in [0.25, 0.3) is 11.0 Å². The summed E-state index contributed by atoms with van der Waals surface area (Å²) in [6.45, 7) is 1.88. The zero-order valence-corrected chi connectivity index (χ0v) is 11.5. The van der Waals surface area contributed by atoms with Gasteiger partial charge in [-0.2, -0.15) is 0 Å². The molecule has 6 heteroatoms. The van der Waals surface area contributed by atoms with Crippen molar-refractivity contribution in [3.8, 4) is 0 Å². The summed E-state index contributed by atoms with van der Waals surface area (Å²) < 4.78 is 1.59. The molecule has 3 aromatic rings. The first-order valence-electron chi connectivity index (χ1n) is 6.64. The third-order valence-electron chi connectivity index (χ3n) is 3.15. The quantitative estimate of drug-likeness (QED) is 0.774. The highest BCUT2D eigenvalue weighted by Gasteiger charge is 2.11. The Morgan fingerprint density at radius 2 is 1.95 bits per heavy atom. The standard InChI is InChI=1S/C15H15N5O/c1-11(12-6-4-5-9-16-12)18-15(21)19-20-10-17-13-7-2-3-8-14(13)20/h2-11H,1H3,(H2,18,19,21). The average molecular weight is 281 g/mol. The van der Waals surface area contributed by atoms with E-state index in [0.29, 0.717) is 0 Å². The lowest BCUT2D eigenvalue weighted by Crippen LogP contribution is -2.35. The van der Waals surface area contributed by atoms with Crippen molar-refractivity contribution in [3.63, 3.8) is 0 Å². The minimum absolute atomic E-state index is 0.180. The molecule has 0 fully saturated rings. The van der Waals surface area contributed by atoms with Gasteiger partial charge in [0.25, 0.3) is 0 Å². The van der Waals surface area contributed by atoms with Crippen LogP contribution < -0.4 is 10.7 Å². The third kappa shape index (κ3) is 2.84. The Bertz CT molecular complexity index is 753. The molecule has 1 aromatic carbocycles. The normalized spacial score (nSPS) is 12.0. The van der Waals surface area contributed by atoms with E-state index >= 15 is 0 Å². The summed E-state index contributed by atoms with van der Waals surface area (Å²) in [6, 6.07) is 12.7. The van der Waals surface area contributed by atoms with Crippen LogP contribution in [0.2, 0.25) is 0 Å². The van der Waals surface area contributed by atoms with E-state index in [1.165, 1.54) is 0 Å². The number of hydrogen-bond donors (Lipinski definition) is 2. The number of imidazole rings is 1. The Kier molecular flexibility index (Phi) is 3.51. The molecule has 2 N–H and O–H groups in total. The van der Waals surface area contributed by atoms with Gasteiger partial charge in [-0.1, -0.05) is 18.2 Å². The van der Waals surface area contributed by atoms with E-state index in [2.05, 4.69) is 20.7 Å². The number of carbonyl (C=O) groups excluding carboxylic acids is 1. The van der Waals surface area contributed by atoms with Gasteiger partial charge >= 0.3 is 6.03 Å². The number of urea groups is 1. The topological polar surface area (TPSA) is 71.8 Å². The SMILES string of the molecule is CC(NC(=O)Nn1cnc2ccccc21)c1ccccn1. The Labute approximate surface area is 121 Å². The Morgan fingerprint density at radius 1 is 1.14 bits per heavy atom. The van der Waals surface area contributed by atoms with Crippen molar-refractivity contribution in [2.24, 2.45) is 0 Å². The number of nitrogens with one attached hydrogen (secondary N) is 2. The van der Waals surface area contributed by atoms with Gasteiger partial charge < -0.3 is 5.32 Å². The second kappa shape index (κ2) is 5.62. The molecule has 2 amide bonds. The largest absolute Gasteiger partial charge is 0.334 e. The number of aromatic nitrogens is 3. The van der Waals surface area contributed by atoms with Crippen molar-refractivity contribution in [1.82, 2.24) is 20.0 Å². The number of amides is 2. The molecule has 0 radical (unpaired) electrons. The van der Waals surface area contributed by atoms with E-state index in [1.54, 1.807) is 17.2 Å². The zero-order valence-electron chi connectivity index (χ0n) is 11.5. The van der Waals surface area contributed by atoms with Crippen LogP contribution in [0.4, 0.5) is 4.79 Å². The summed E-state index contributed by atoms with van der Waals surface area (Å²) in [4.78, 5) is 20.5. The highest BCUT2D eigenvalue weighted by Crippen LogP contribution is 2.11. The van der Waals surface area contributed by atoms with Gasteiger partial charge in [-0.25, -0.2) is 19.9 Å². The lowest BCUT2D eigenvalue weighted by molar-refractivity contribution is 0.246. The lowest BCUT2D eigenvalue weighted by atomic mass is 10.2. The minimum Gasteiger partial charge on any atom is -0.329 e. The van der Waals surface area contributed by atoms with Gasteiger partial charge in [0.05, 0.1) is 22.8 Å². The van der Waals surface area contributed by atoms with Crippen LogP contribution in [0.5, 0.6) is 0 Å². The molecule has 3 rings (SSSR count). The molecule has 0 saturated carbocycles. The van der Waals surface area contributed by atoms with E-state index < -0.39 is 0 Å². The lowest BCUT2D eigenvalue weighted by Gasteiger charge is -2.14. The van der Waals surface area contributed by atoms with E-state index in [-0.39, 0.29) is 12.1 Å². The minimum atomic E-state index is -0.309. The Morgan fingerprint density at radius 3 is 2.76 bits per heavy atom. The van der Waals surface area contributed by atoms with E-state index in [4.69, 9.17) is 0 Å². The number of carbonyl (C=O) groups is 1. The first-order valence-corrected chi connectivity index (χ1v) is 6.64. The van der Waals surface area contributed by atoms with E-state index in [0.717, 1.165) is 16.7 Å². The van der Waals surface area contributed by atoms with Crippen LogP contribution in [-0.4, -0.2) is 20.7 Å². The molecule has 0 aliphatic carbocycles. The zero-order chi connectivity index (χ0) is 14.7. The number of rotatable bonds is 3. The predicted molar refractivity (Wildman–Crippen MR) is 80.3 cm³/mol. The number of para-hydroxylation sites is 2. The van der Waals surface area contributed by atoms with Crippen LogP contribution in [-0.2, 0) is 0 Å². The van der Waals surface area contributed by atoms with Gasteiger partial charge in [0.2, 0.25) is 0 Å². The summed E-state index contributed by atoms with van der Waals surface area (Å²) in [5.74, 6) is 0. The van der Waals surface area contributed by atoms with Gasteiger partial charge in [-0.3, -0.25) is 4.98 Å². The maximum Gasteiger partial charge on any atom is 0.334 e. The second-order valence-electron chi connectivity index (χ2n) is 4.66. The number of pyridine rings is 1. The molecule has 2 heterocycles. The van der Waals surface area contributed by atoms with Crippen molar-refractivity contribution in [3.05, 3.63) is 60.7 Å². The summed E-state index contributed by atoms with van der Waals surface area (Å²) in [5.41, 5.74) is 5.23. The van der Waals surface area contributed by atoms with Crippen molar-refractivity contribution >= 4 is 17.1 Å². The first kappa shape index (κ1) is 13.1. The summed E-state index contributed by atoms with van der Waals surface area (Å²) in [5, 5.41) is 2.84. The summed E-state index contributed by atoms with van der Waals surface area (Å²) in [7, 11) is 0. The molecule has 0 spiro atoms. The van der Waals surface area contributed by atoms with Crippen LogP contribution >= 0.6 is 0 Å². The summed E-state index contributed by atoms with van der Waals surface area (Å²) >= 11 is 0. The molecule has 6 nitrogen and oxygen atoms in total. The Balaban J connectivity index is 1.69. The van der Waals surface area contributed by atoms with Crippen molar-refractivity contribution in [2.75, 3.05) is 5.43 Å². The first-order chi connectivity index (χ1) is 10.2. The van der Waals surface area contributed by atoms with Crippen molar-refractivity contribution in [1.29, 1.82) is 0 Å². The van der Waals surface area contributed by atoms with Crippen LogP contribution in [0, 0.1) is 0 Å². The van der Waals surface area contributed by atoms with Crippen LogP contribution in [0.3, 0.4) is 0 Å². The fourth-order valence-corrected chi connectivity index (χ4v) is 2.09. The van der Waals surface area contributed by atoms with Crippen LogP contribution in [0.1, 0.15) is 18.7 Å². The maximum atomic E-state index is 12.0. The molecule has 106 valence electrons. The van der Waals surface area contributed by atoms with E-state index in [9.17, 15) is 4.79 Å². The molecular weight excluding hydrogens is 266 g/mol. The highest BCUT2D eigenvalue weighted by molar-refractivity contribution is 5.85. The molecule has 21 heavy (non-hydrogen) atoms. The predicted octanol–water partition coefficient (Wildman–Crippen LogP) is 2.45. The number of benzene rings is 1. The molecule has 0 aliphatic rings. The van der Waals surface area contributed by atoms with Gasteiger partial charge in [0.1, 0.15) is 6.33 Å². The van der Waals surface area contributed by atoms with Crippen molar-refractivity contribution in [2.45, 2.75) is 13.0 Å². The van der Waals surface area contributed by atoms with Gasteiger partial charge in [0, 0.05) is 6.20 Å². The molecule has 2 aromatic heterocycles.